The standard InChI is InChI=1S/C24H30N2O5/c1-5-15(2)21(23(27)28)25-24(29)26-12-11-17-13-19(30-3)20(31-4)14-18(17)22(26)16-9-7-6-8-10-16/h6-10,13-15,21-22H,5,11-12H2,1-4H3,(H,25,29)(H,27,28). The first-order valence-electron chi connectivity index (χ1n) is 10.5. The molecule has 2 aromatic carbocycles. The van der Waals surface area contributed by atoms with Gasteiger partial charge in [0.05, 0.1) is 20.3 Å². The summed E-state index contributed by atoms with van der Waals surface area (Å²) in [5, 5.41) is 12.4. The summed E-state index contributed by atoms with van der Waals surface area (Å²) < 4.78 is 11.0. The van der Waals surface area contributed by atoms with Gasteiger partial charge in [-0.1, -0.05) is 50.6 Å². The monoisotopic (exact) mass is 426 g/mol. The first-order valence-corrected chi connectivity index (χ1v) is 10.5. The Bertz CT molecular complexity index is 931. The van der Waals surface area contributed by atoms with Crippen molar-refractivity contribution in [1.82, 2.24) is 10.2 Å². The van der Waals surface area contributed by atoms with E-state index in [0.29, 0.717) is 30.9 Å². The van der Waals surface area contributed by atoms with Crippen LogP contribution in [-0.2, 0) is 11.2 Å². The summed E-state index contributed by atoms with van der Waals surface area (Å²) in [5.74, 6) is 0.0296. The molecule has 0 fully saturated rings. The van der Waals surface area contributed by atoms with Gasteiger partial charge in [-0.05, 0) is 41.2 Å². The van der Waals surface area contributed by atoms with E-state index in [9.17, 15) is 14.7 Å². The van der Waals surface area contributed by atoms with Gasteiger partial charge in [-0.3, -0.25) is 0 Å². The van der Waals surface area contributed by atoms with Gasteiger partial charge in [0.1, 0.15) is 6.04 Å². The number of nitrogens with one attached hydrogen (secondary N) is 1. The van der Waals surface area contributed by atoms with Gasteiger partial charge in [0.2, 0.25) is 0 Å². The molecule has 1 aliphatic heterocycles. The number of carbonyl (C=O) groups is 2. The van der Waals surface area contributed by atoms with Crippen molar-refractivity contribution in [3.63, 3.8) is 0 Å². The number of amides is 2. The van der Waals surface area contributed by atoms with Gasteiger partial charge in [0.15, 0.2) is 11.5 Å². The van der Waals surface area contributed by atoms with Gasteiger partial charge < -0.3 is 24.8 Å². The molecule has 3 unspecified atom stereocenters. The predicted octanol–water partition coefficient (Wildman–Crippen LogP) is 3.86. The van der Waals surface area contributed by atoms with E-state index in [1.54, 1.807) is 19.1 Å². The molecule has 2 aromatic rings. The van der Waals surface area contributed by atoms with Crippen molar-refractivity contribution in [2.45, 2.75) is 38.8 Å². The number of carboxylic acids is 1. The molecule has 166 valence electrons. The molecular formula is C24H30N2O5. The summed E-state index contributed by atoms with van der Waals surface area (Å²) in [6.07, 6.45) is 1.28. The van der Waals surface area contributed by atoms with Crippen LogP contribution in [-0.4, -0.2) is 48.8 Å². The Hall–Kier alpha value is -3.22. The molecule has 2 N–H and O–H groups in total. The van der Waals surface area contributed by atoms with Crippen molar-refractivity contribution in [2.24, 2.45) is 5.92 Å². The lowest BCUT2D eigenvalue weighted by Crippen LogP contribution is -2.53. The van der Waals surface area contributed by atoms with E-state index in [1.165, 1.54) is 0 Å². The van der Waals surface area contributed by atoms with Gasteiger partial charge in [-0.15, -0.1) is 0 Å². The largest absolute Gasteiger partial charge is 0.493 e. The highest BCUT2D eigenvalue weighted by Crippen LogP contribution is 2.41. The molecule has 7 heteroatoms. The van der Waals surface area contributed by atoms with E-state index in [-0.39, 0.29) is 18.0 Å². The number of aliphatic carboxylic acids is 1. The fourth-order valence-corrected chi connectivity index (χ4v) is 4.06. The van der Waals surface area contributed by atoms with Crippen molar-refractivity contribution in [1.29, 1.82) is 0 Å². The van der Waals surface area contributed by atoms with Crippen LogP contribution in [0.2, 0.25) is 0 Å². The molecule has 0 bridgehead atoms. The highest BCUT2D eigenvalue weighted by molar-refractivity contribution is 5.83. The third-order valence-electron chi connectivity index (χ3n) is 6.01. The van der Waals surface area contributed by atoms with Crippen LogP contribution in [0.25, 0.3) is 0 Å². The Labute approximate surface area is 183 Å². The summed E-state index contributed by atoms with van der Waals surface area (Å²) in [5.41, 5.74) is 2.97. The topological polar surface area (TPSA) is 88.1 Å². The minimum absolute atomic E-state index is 0.182. The van der Waals surface area contributed by atoms with Crippen molar-refractivity contribution < 1.29 is 24.2 Å². The summed E-state index contributed by atoms with van der Waals surface area (Å²) >= 11 is 0. The Morgan fingerprint density at radius 1 is 1.16 bits per heavy atom. The second-order valence-electron chi connectivity index (χ2n) is 7.81. The van der Waals surface area contributed by atoms with Crippen LogP contribution in [0, 0.1) is 5.92 Å². The molecule has 0 radical (unpaired) electrons. The lowest BCUT2D eigenvalue weighted by atomic mass is 9.87. The molecule has 0 saturated heterocycles. The predicted molar refractivity (Wildman–Crippen MR) is 118 cm³/mol. The van der Waals surface area contributed by atoms with E-state index >= 15 is 0 Å². The van der Waals surface area contributed by atoms with Crippen molar-refractivity contribution in [3.8, 4) is 11.5 Å². The molecule has 3 atom stereocenters. The molecule has 31 heavy (non-hydrogen) atoms. The maximum Gasteiger partial charge on any atom is 0.326 e. The van der Waals surface area contributed by atoms with Crippen LogP contribution < -0.4 is 14.8 Å². The Morgan fingerprint density at radius 2 is 1.81 bits per heavy atom. The number of carboxylic acid groups (broad SMARTS) is 1. The van der Waals surface area contributed by atoms with Crippen LogP contribution in [0.5, 0.6) is 11.5 Å². The van der Waals surface area contributed by atoms with Gasteiger partial charge in [-0.2, -0.15) is 0 Å². The SMILES string of the molecule is CCC(C)C(NC(=O)N1CCc2cc(OC)c(OC)cc2C1c1ccccc1)C(=O)O. The maximum absolute atomic E-state index is 13.3. The number of carbonyl (C=O) groups excluding carboxylic acids is 1. The maximum atomic E-state index is 13.3. The van der Waals surface area contributed by atoms with Crippen molar-refractivity contribution in [2.75, 3.05) is 20.8 Å². The minimum Gasteiger partial charge on any atom is -0.493 e. The van der Waals surface area contributed by atoms with Gasteiger partial charge in [0.25, 0.3) is 0 Å². The highest BCUT2D eigenvalue weighted by atomic mass is 16.5. The number of benzene rings is 2. The molecule has 3 rings (SSSR count). The zero-order valence-electron chi connectivity index (χ0n) is 18.4. The van der Waals surface area contributed by atoms with Crippen LogP contribution in [0.4, 0.5) is 4.79 Å². The van der Waals surface area contributed by atoms with Gasteiger partial charge >= 0.3 is 12.0 Å². The molecule has 0 saturated carbocycles. The third kappa shape index (κ3) is 4.60. The average molecular weight is 427 g/mol. The number of rotatable bonds is 7. The molecular weight excluding hydrogens is 396 g/mol. The number of hydrogen-bond donors (Lipinski definition) is 2. The van der Waals surface area contributed by atoms with E-state index in [0.717, 1.165) is 16.7 Å². The lowest BCUT2D eigenvalue weighted by Gasteiger charge is -2.39. The first-order chi connectivity index (χ1) is 14.9. The Morgan fingerprint density at radius 3 is 2.39 bits per heavy atom. The average Bonchev–Trinajstić information content (AvgIpc) is 2.80. The highest BCUT2D eigenvalue weighted by Gasteiger charge is 2.35. The molecule has 1 aliphatic rings. The van der Waals surface area contributed by atoms with E-state index in [1.807, 2.05) is 56.3 Å². The van der Waals surface area contributed by atoms with E-state index in [4.69, 9.17) is 9.47 Å². The zero-order valence-corrected chi connectivity index (χ0v) is 18.4. The summed E-state index contributed by atoms with van der Waals surface area (Å²) in [7, 11) is 3.18. The fraction of sp³-hybridized carbons (Fsp3) is 0.417. The number of hydrogen-bond acceptors (Lipinski definition) is 4. The molecule has 7 nitrogen and oxygen atoms in total. The number of methoxy groups -OCH3 is 2. The summed E-state index contributed by atoms with van der Waals surface area (Å²) in [6, 6.07) is 11.9. The summed E-state index contributed by atoms with van der Waals surface area (Å²) in [4.78, 5) is 26.8. The number of nitrogens with zero attached hydrogens (tertiary/aromatic N) is 1. The van der Waals surface area contributed by atoms with Gasteiger partial charge in [0, 0.05) is 6.54 Å². The number of ether oxygens (including phenoxy) is 2. The Balaban J connectivity index is 2.03. The molecule has 0 aliphatic carbocycles. The van der Waals surface area contributed by atoms with Crippen molar-refractivity contribution in [3.05, 3.63) is 59.2 Å². The second-order valence-corrected chi connectivity index (χ2v) is 7.81. The smallest absolute Gasteiger partial charge is 0.326 e. The fourth-order valence-electron chi connectivity index (χ4n) is 4.06. The van der Waals surface area contributed by atoms with Crippen LogP contribution >= 0.6 is 0 Å². The number of urea groups is 1. The van der Waals surface area contributed by atoms with E-state index in [2.05, 4.69) is 5.32 Å². The first kappa shape index (κ1) is 22.5. The quantitative estimate of drug-likeness (QED) is 0.702. The number of fused-ring (bicyclic) bond motifs is 1. The Kier molecular flexibility index (Phi) is 7.05. The summed E-state index contributed by atoms with van der Waals surface area (Å²) in [6.45, 7) is 4.20. The van der Waals surface area contributed by atoms with Crippen LogP contribution in [0.1, 0.15) is 43.0 Å². The third-order valence-corrected chi connectivity index (χ3v) is 6.01. The zero-order chi connectivity index (χ0) is 22.5. The van der Waals surface area contributed by atoms with Crippen molar-refractivity contribution >= 4 is 12.0 Å². The van der Waals surface area contributed by atoms with Crippen LogP contribution in [0.15, 0.2) is 42.5 Å². The lowest BCUT2D eigenvalue weighted by molar-refractivity contribution is -0.140. The molecule has 0 spiro atoms. The molecule has 2 amide bonds. The van der Waals surface area contributed by atoms with Gasteiger partial charge in [-0.25, -0.2) is 9.59 Å². The molecule has 1 heterocycles. The van der Waals surface area contributed by atoms with E-state index < -0.39 is 12.0 Å². The molecule has 0 aromatic heterocycles. The second kappa shape index (κ2) is 9.73. The normalized spacial score (nSPS) is 17.3. The minimum atomic E-state index is -1.03. The van der Waals surface area contributed by atoms with Crippen LogP contribution in [0.3, 0.4) is 0 Å².